The van der Waals surface area contributed by atoms with E-state index in [1.807, 2.05) is 43.0 Å². The molecule has 0 N–H and O–H groups in total. The summed E-state index contributed by atoms with van der Waals surface area (Å²) in [5.74, 6) is 1.07. The number of carbonyl (C=O) groups excluding carboxylic acids is 1. The molecule has 0 heterocycles. The van der Waals surface area contributed by atoms with Crippen LogP contribution in [0.2, 0.25) is 0 Å². The van der Waals surface area contributed by atoms with E-state index in [0.717, 1.165) is 30.8 Å². The van der Waals surface area contributed by atoms with Crippen molar-refractivity contribution in [2.24, 2.45) is 0 Å². The zero-order valence-corrected chi connectivity index (χ0v) is 10.9. The van der Waals surface area contributed by atoms with Crippen molar-refractivity contribution in [3.63, 3.8) is 0 Å². The molecule has 3 heteroatoms. The van der Waals surface area contributed by atoms with Crippen molar-refractivity contribution < 1.29 is 9.53 Å². The third kappa shape index (κ3) is 3.77. The van der Waals surface area contributed by atoms with Gasteiger partial charge in [-0.1, -0.05) is 18.2 Å². The molecule has 1 rings (SSSR count). The molecule has 94 valence electrons. The van der Waals surface area contributed by atoms with Gasteiger partial charge in [0, 0.05) is 19.5 Å². The van der Waals surface area contributed by atoms with Crippen LogP contribution in [0.1, 0.15) is 25.8 Å². The smallest absolute Gasteiger partial charge is 0.222 e. The molecule has 0 unspecified atom stereocenters. The first-order valence-corrected chi connectivity index (χ1v) is 6.12. The Morgan fingerprint density at radius 1 is 1.24 bits per heavy atom. The molecule has 1 aromatic carbocycles. The Kier molecular flexibility index (Phi) is 5.53. The fourth-order valence-corrected chi connectivity index (χ4v) is 1.89. The monoisotopic (exact) mass is 235 g/mol. The van der Waals surface area contributed by atoms with Crippen LogP contribution in [0.3, 0.4) is 0 Å². The highest BCUT2D eigenvalue weighted by Crippen LogP contribution is 2.19. The standard InChI is InChI=1S/C14H21NO2/c1-4-15(5-2)14(16)11-10-12-8-6-7-9-13(12)17-3/h6-9H,4-5,10-11H2,1-3H3. The van der Waals surface area contributed by atoms with Crippen molar-refractivity contribution in [2.45, 2.75) is 26.7 Å². The summed E-state index contributed by atoms with van der Waals surface area (Å²) in [5, 5.41) is 0. The molecule has 3 nitrogen and oxygen atoms in total. The average molecular weight is 235 g/mol. The first kappa shape index (κ1) is 13.6. The van der Waals surface area contributed by atoms with E-state index in [2.05, 4.69) is 0 Å². The van der Waals surface area contributed by atoms with E-state index in [4.69, 9.17) is 4.74 Å². The summed E-state index contributed by atoms with van der Waals surface area (Å²) in [6.07, 6.45) is 1.28. The number of aryl methyl sites for hydroxylation is 1. The maximum Gasteiger partial charge on any atom is 0.222 e. The summed E-state index contributed by atoms with van der Waals surface area (Å²) in [4.78, 5) is 13.7. The maximum atomic E-state index is 11.9. The van der Waals surface area contributed by atoms with Crippen molar-refractivity contribution >= 4 is 5.91 Å². The summed E-state index contributed by atoms with van der Waals surface area (Å²) in [6, 6.07) is 7.85. The van der Waals surface area contributed by atoms with Crippen LogP contribution in [-0.4, -0.2) is 31.0 Å². The van der Waals surface area contributed by atoms with Crippen LogP contribution in [0.5, 0.6) is 5.75 Å². The summed E-state index contributed by atoms with van der Waals surface area (Å²) in [5.41, 5.74) is 1.09. The number of methoxy groups -OCH3 is 1. The Labute approximate surface area is 103 Å². The molecule has 17 heavy (non-hydrogen) atoms. The summed E-state index contributed by atoms with van der Waals surface area (Å²) in [6.45, 7) is 5.57. The van der Waals surface area contributed by atoms with Crippen LogP contribution >= 0.6 is 0 Å². The number of ether oxygens (including phenoxy) is 1. The van der Waals surface area contributed by atoms with Crippen molar-refractivity contribution in [3.8, 4) is 5.75 Å². The highest BCUT2D eigenvalue weighted by atomic mass is 16.5. The first-order valence-electron chi connectivity index (χ1n) is 6.12. The van der Waals surface area contributed by atoms with E-state index in [1.165, 1.54) is 0 Å². The van der Waals surface area contributed by atoms with Gasteiger partial charge < -0.3 is 9.64 Å². The van der Waals surface area contributed by atoms with Crippen LogP contribution in [0.4, 0.5) is 0 Å². The zero-order valence-electron chi connectivity index (χ0n) is 10.9. The normalized spacial score (nSPS) is 10.1. The van der Waals surface area contributed by atoms with E-state index in [9.17, 15) is 4.79 Å². The molecule has 0 aliphatic heterocycles. The number of para-hydroxylation sites is 1. The maximum absolute atomic E-state index is 11.9. The molecule has 0 aliphatic rings. The van der Waals surface area contributed by atoms with Crippen molar-refractivity contribution in [2.75, 3.05) is 20.2 Å². The zero-order chi connectivity index (χ0) is 12.7. The number of benzene rings is 1. The average Bonchev–Trinajstić information content (AvgIpc) is 2.38. The lowest BCUT2D eigenvalue weighted by Crippen LogP contribution is -2.30. The number of carbonyl (C=O) groups is 1. The predicted octanol–water partition coefficient (Wildman–Crippen LogP) is 2.50. The molecule has 1 aromatic rings. The van der Waals surface area contributed by atoms with Gasteiger partial charge in [-0.15, -0.1) is 0 Å². The molecule has 0 spiro atoms. The predicted molar refractivity (Wildman–Crippen MR) is 69.2 cm³/mol. The third-order valence-electron chi connectivity index (χ3n) is 2.92. The number of rotatable bonds is 6. The van der Waals surface area contributed by atoms with Gasteiger partial charge in [-0.25, -0.2) is 0 Å². The van der Waals surface area contributed by atoms with Crippen LogP contribution in [0, 0.1) is 0 Å². The van der Waals surface area contributed by atoms with Gasteiger partial charge in [0.25, 0.3) is 0 Å². The van der Waals surface area contributed by atoms with Crippen LogP contribution in [0.15, 0.2) is 24.3 Å². The second kappa shape index (κ2) is 6.94. The molecule has 0 aromatic heterocycles. The number of amides is 1. The lowest BCUT2D eigenvalue weighted by atomic mass is 10.1. The van der Waals surface area contributed by atoms with E-state index >= 15 is 0 Å². The minimum absolute atomic E-state index is 0.209. The fraction of sp³-hybridized carbons (Fsp3) is 0.500. The van der Waals surface area contributed by atoms with Gasteiger partial charge in [0.15, 0.2) is 0 Å². The second-order valence-corrected chi connectivity index (χ2v) is 3.88. The van der Waals surface area contributed by atoms with Crippen molar-refractivity contribution in [1.29, 1.82) is 0 Å². The number of nitrogens with zero attached hydrogens (tertiary/aromatic N) is 1. The summed E-state index contributed by atoms with van der Waals surface area (Å²) >= 11 is 0. The van der Waals surface area contributed by atoms with Gasteiger partial charge in [0.1, 0.15) is 5.75 Å². The van der Waals surface area contributed by atoms with Crippen LogP contribution in [-0.2, 0) is 11.2 Å². The number of hydrogen-bond acceptors (Lipinski definition) is 2. The van der Waals surface area contributed by atoms with E-state index in [-0.39, 0.29) is 5.91 Å². The van der Waals surface area contributed by atoms with E-state index in [0.29, 0.717) is 6.42 Å². The molecule has 0 radical (unpaired) electrons. The lowest BCUT2D eigenvalue weighted by molar-refractivity contribution is -0.130. The van der Waals surface area contributed by atoms with Gasteiger partial charge in [0.2, 0.25) is 5.91 Å². The molecule has 0 saturated carbocycles. The minimum atomic E-state index is 0.209. The molecule has 0 aliphatic carbocycles. The van der Waals surface area contributed by atoms with Crippen LogP contribution in [0.25, 0.3) is 0 Å². The minimum Gasteiger partial charge on any atom is -0.496 e. The molecule has 0 atom stereocenters. The van der Waals surface area contributed by atoms with Crippen molar-refractivity contribution in [1.82, 2.24) is 4.90 Å². The molecule has 0 fully saturated rings. The largest absolute Gasteiger partial charge is 0.496 e. The molecular formula is C14H21NO2. The Bertz CT molecular complexity index is 359. The Hall–Kier alpha value is -1.51. The van der Waals surface area contributed by atoms with Crippen molar-refractivity contribution in [3.05, 3.63) is 29.8 Å². The van der Waals surface area contributed by atoms with Crippen LogP contribution < -0.4 is 4.74 Å². The second-order valence-electron chi connectivity index (χ2n) is 3.88. The van der Waals surface area contributed by atoms with Gasteiger partial charge in [-0.05, 0) is 31.9 Å². The van der Waals surface area contributed by atoms with Gasteiger partial charge in [0.05, 0.1) is 7.11 Å². The van der Waals surface area contributed by atoms with E-state index < -0.39 is 0 Å². The quantitative estimate of drug-likeness (QED) is 0.758. The Morgan fingerprint density at radius 2 is 1.88 bits per heavy atom. The topological polar surface area (TPSA) is 29.5 Å². The Morgan fingerprint density at radius 3 is 2.47 bits per heavy atom. The summed E-state index contributed by atoms with van der Waals surface area (Å²) < 4.78 is 5.27. The first-order chi connectivity index (χ1) is 8.22. The molecule has 0 bridgehead atoms. The Balaban J connectivity index is 2.58. The van der Waals surface area contributed by atoms with E-state index in [1.54, 1.807) is 7.11 Å². The fourth-order valence-electron chi connectivity index (χ4n) is 1.89. The molecular weight excluding hydrogens is 214 g/mol. The van der Waals surface area contributed by atoms with Gasteiger partial charge >= 0.3 is 0 Å². The number of hydrogen-bond donors (Lipinski definition) is 0. The molecule has 0 saturated heterocycles. The molecule has 1 amide bonds. The SMILES string of the molecule is CCN(CC)C(=O)CCc1ccccc1OC. The summed E-state index contributed by atoms with van der Waals surface area (Å²) in [7, 11) is 1.66. The van der Waals surface area contributed by atoms with Gasteiger partial charge in [-0.3, -0.25) is 4.79 Å². The third-order valence-corrected chi connectivity index (χ3v) is 2.92. The lowest BCUT2D eigenvalue weighted by Gasteiger charge is -2.18. The van der Waals surface area contributed by atoms with Gasteiger partial charge in [-0.2, -0.15) is 0 Å². The highest BCUT2D eigenvalue weighted by molar-refractivity contribution is 5.76. The highest BCUT2D eigenvalue weighted by Gasteiger charge is 2.10.